The number of carbonyl (C=O) groups excluding carboxylic acids is 2. The van der Waals surface area contributed by atoms with Gasteiger partial charge in [0.05, 0.1) is 10.7 Å². The molecule has 2 amide bonds. The maximum Gasteiger partial charge on any atom is 0.270 e. The minimum atomic E-state index is -0.139. The summed E-state index contributed by atoms with van der Waals surface area (Å²) in [5, 5.41) is 4.59. The first-order valence-corrected chi connectivity index (χ1v) is 7.67. The number of nitrogens with one attached hydrogen (secondary N) is 1. The molecule has 116 valence electrons. The van der Waals surface area contributed by atoms with E-state index in [0.717, 1.165) is 23.8 Å². The lowest BCUT2D eigenvalue weighted by Crippen LogP contribution is -2.51. The van der Waals surface area contributed by atoms with Crippen molar-refractivity contribution in [1.82, 2.24) is 10.3 Å². The summed E-state index contributed by atoms with van der Waals surface area (Å²) < 4.78 is 0. The Bertz CT molecular complexity index is 624. The Morgan fingerprint density at radius 1 is 1.14 bits per heavy atom. The van der Waals surface area contributed by atoms with Crippen LogP contribution in [0.3, 0.4) is 0 Å². The summed E-state index contributed by atoms with van der Waals surface area (Å²) in [6.45, 7) is 2.71. The van der Waals surface area contributed by atoms with Crippen molar-refractivity contribution in [3.63, 3.8) is 0 Å². The van der Waals surface area contributed by atoms with E-state index >= 15 is 0 Å². The minimum Gasteiger partial charge on any atom is -0.367 e. The van der Waals surface area contributed by atoms with Gasteiger partial charge in [-0.05, 0) is 12.1 Å². The molecule has 1 aromatic rings. The highest BCUT2D eigenvalue weighted by atomic mass is 35.5. The van der Waals surface area contributed by atoms with E-state index in [1.807, 2.05) is 24.3 Å². The van der Waals surface area contributed by atoms with Crippen LogP contribution < -0.4 is 10.3 Å². The van der Waals surface area contributed by atoms with E-state index in [0.29, 0.717) is 31.6 Å². The average molecular weight is 321 g/mol. The lowest BCUT2D eigenvalue weighted by Gasteiger charge is -2.36. The second kappa shape index (κ2) is 6.36. The molecule has 0 bridgehead atoms. The zero-order valence-corrected chi connectivity index (χ0v) is 12.8. The molecule has 0 atom stereocenters. The smallest absolute Gasteiger partial charge is 0.270 e. The van der Waals surface area contributed by atoms with Crippen molar-refractivity contribution in [1.29, 1.82) is 0 Å². The van der Waals surface area contributed by atoms with E-state index in [1.165, 1.54) is 0 Å². The van der Waals surface area contributed by atoms with E-state index < -0.39 is 0 Å². The molecule has 1 aromatic carbocycles. The first-order valence-electron chi connectivity index (χ1n) is 7.29. The molecule has 2 aliphatic rings. The van der Waals surface area contributed by atoms with Crippen molar-refractivity contribution in [2.75, 3.05) is 31.1 Å². The molecule has 2 heterocycles. The van der Waals surface area contributed by atoms with E-state index in [-0.39, 0.29) is 11.8 Å². The highest BCUT2D eigenvalue weighted by molar-refractivity contribution is 6.39. The predicted molar refractivity (Wildman–Crippen MR) is 85.1 cm³/mol. The van der Waals surface area contributed by atoms with Crippen molar-refractivity contribution < 1.29 is 9.59 Å². The van der Waals surface area contributed by atoms with E-state index in [1.54, 1.807) is 4.90 Å². The third-order valence-electron chi connectivity index (χ3n) is 3.91. The summed E-state index contributed by atoms with van der Waals surface area (Å²) in [5.41, 5.74) is 3.80. The van der Waals surface area contributed by atoms with Crippen molar-refractivity contribution in [2.45, 2.75) is 12.8 Å². The summed E-state index contributed by atoms with van der Waals surface area (Å²) in [7, 11) is 0. The summed E-state index contributed by atoms with van der Waals surface area (Å²) in [6.07, 6.45) is 0.736. The van der Waals surface area contributed by atoms with Crippen LogP contribution in [0.25, 0.3) is 0 Å². The van der Waals surface area contributed by atoms with E-state index in [9.17, 15) is 9.59 Å². The molecule has 0 aliphatic carbocycles. The molecular formula is C15H17ClN4O2. The number of hydrogen-bond donors (Lipinski definition) is 1. The Labute approximate surface area is 133 Å². The molecule has 22 heavy (non-hydrogen) atoms. The number of piperazine rings is 1. The molecule has 1 fully saturated rings. The Hall–Kier alpha value is -2.08. The van der Waals surface area contributed by atoms with Crippen LogP contribution >= 0.6 is 11.6 Å². The van der Waals surface area contributed by atoms with E-state index in [2.05, 4.69) is 15.4 Å². The molecule has 6 nitrogen and oxygen atoms in total. The second-order valence-electron chi connectivity index (χ2n) is 5.32. The number of amides is 2. The summed E-state index contributed by atoms with van der Waals surface area (Å²) in [5.74, 6) is -0.223. The number of anilines is 1. The van der Waals surface area contributed by atoms with Gasteiger partial charge in [0.15, 0.2) is 0 Å². The Morgan fingerprint density at radius 3 is 2.50 bits per heavy atom. The minimum absolute atomic E-state index is 0.0844. The molecule has 2 aliphatic heterocycles. The number of benzene rings is 1. The first-order chi connectivity index (χ1) is 10.6. The third-order valence-corrected chi connectivity index (χ3v) is 4.23. The monoisotopic (exact) mass is 320 g/mol. The van der Waals surface area contributed by atoms with Gasteiger partial charge in [0, 0.05) is 39.0 Å². The molecule has 7 heteroatoms. The van der Waals surface area contributed by atoms with Crippen molar-refractivity contribution >= 4 is 34.8 Å². The van der Waals surface area contributed by atoms with Crippen molar-refractivity contribution in [3.8, 4) is 0 Å². The normalized spacial score (nSPS) is 18.8. The fourth-order valence-corrected chi connectivity index (χ4v) is 2.92. The quantitative estimate of drug-likeness (QED) is 0.892. The van der Waals surface area contributed by atoms with Gasteiger partial charge in [0.2, 0.25) is 5.91 Å². The topological polar surface area (TPSA) is 65.0 Å². The highest BCUT2D eigenvalue weighted by Gasteiger charge is 2.27. The van der Waals surface area contributed by atoms with Gasteiger partial charge in [-0.1, -0.05) is 23.7 Å². The fourth-order valence-electron chi connectivity index (χ4n) is 2.67. The summed E-state index contributed by atoms with van der Waals surface area (Å²) >= 11 is 6.21. The SMILES string of the molecule is O=C1CCC(C(=O)N2CCN(c3ccccc3Cl)CC2)=NN1. The van der Waals surface area contributed by atoms with Crippen LogP contribution in [0.4, 0.5) is 5.69 Å². The van der Waals surface area contributed by atoms with Crippen LogP contribution in [0.1, 0.15) is 12.8 Å². The van der Waals surface area contributed by atoms with Gasteiger partial charge in [0.25, 0.3) is 5.91 Å². The maximum absolute atomic E-state index is 12.4. The molecule has 3 rings (SSSR count). The van der Waals surface area contributed by atoms with Gasteiger partial charge in [-0.3, -0.25) is 9.59 Å². The number of hydrazone groups is 1. The lowest BCUT2D eigenvalue weighted by atomic mass is 10.1. The molecule has 1 N–H and O–H groups in total. The Kier molecular flexibility index (Phi) is 4.29. The largest absolute Gasteiger partial charge is 0.367 e. The van der Waals surface area contributed by atoms with Gasteiger partial charge in [-0.15, -0.1) is 0 Å². The molecule has 0 radical (unpaired) electrons. The summed E-state index contributed by atoms with van der Waals surface area (Å²) in [6, 6.07) is 7.72. The molecule has 0 spiro atoms. The molecule has 1 saturated heterocycles. The van der Waals surface area contributed by atoms with Crippen LogP contribution in [0, 0.1) is 0 Å². The van der Waals surface area contributed by atoms with Crippen molar-refractivity contribution in [2.24, 2.45) is 5.10 Å². The second-order valence-corrected chi connectivity index (χ2v) is 5.73. The number of para-hydroxylation sites is 1. The van der Waals surface area contributed by atoms with Gasteiger partial charge >= 0.3 is 0 Å². The fraction of sp³-hybridized carbons (Fsp3) is 0.400. The summed E-state index contributed by atoms with van der Waals surface area (Å²) in [4.78, 5) is 27.4. The Balaban J connectivity index is 1.61. The number of hydrogen-bond acceptors (Lipinski definition) is 4. The number of nitrogens with zero attached hydrogens (tertiary/aromatic N) is 3. The molecule has 0 aromatic heterocycles. The van der Waals surface area contributed by atoms with Crippen LogP contribution in [0.2, 0.25) is 5.02 Å². The maximum atomic E-state index is 12.4. The number of carbonyl (C=O) groups is 2. The van der Waals surface area contributed by atoms with Gasteiger partial charge in [-0.25, -0.2) is 5.43 Å². The highest BCUT2D eigenvalue weighted by Crippen LogP contribution is 2.26. The standard InChI is InChI=1S/C15H17ClN4O2/c16-11-3-1-2-4-13(11)19-7-9-20(10-8-19)15(22)12-5-6-14(21)18-17-12/h1-4H,5-10H2,(H,18,21). The average Bonchev–Trinajstić information content (AvgIpc) is 2.56. The lowest BCUT2D eigenvalue weighted by molar-refractivity contribution is -0.124. The Morgan fingerprint density at radius 2 is 1.86 bits per heavy atom. The zero-order valence-electron chi connectivity index (χ0n) is 12.1. The zero-order chi connectivity index (χ0) is 15.5. The molecular weight excluding hydrogens is 304 g/mol. The predicted octanol–water partition coefficient (Wildman–Crippen LogP) is 1.25. The van der Waals surface area contributed by atoms with Crippen LogP contribution in [-0.4, -0.2) is 48.6 Å². The van der Waals surface area contributed by atoms with Crippen molar-refractivity contribution in [3.05, 3.63) is 29.3 Å². The van der Waals surface area contributed by atoms with Crippen LogP contribution in [0.5, 0.6) is 0 Å². The number of halogens is 1. The molecule has 0 saturated carbocycles. The van der Waals surface area contributed by atoms with Crippen LogP contribution in [0.15, 0.2) is 29.4 Å². The van der Waals surface area contributed by atoms with Crippen LogP contribution in [-0.2, 0) is 9.59 Å². The van der Waals surface area contributed by atoms with Gasteiger partial charge < -0.3 is 9.80 Å². The molecule has 0 unspecified atom stereocenters. The van der Waals surface area contributed by atoms with Gasteiger partial charge in [-0.2, -0.15) is 5.10 Å². The van der Waals surface area contributed by atoms with E-state index in [4.69, 9.17) is 11.6 Å². The number of rotatable bonds is 2. The third kappa shape index (κ3) is 3.06. The first kappa shape index (κ1) is 14.8. The van der Waals surface area contributed by atoms with Gasteiger partial charge in [0.1, 0.15) is 5.71 Å².